The third kappa shape index (κ3) is 2.33. The van der Waals surface area contributed by atoms with Crippen molar-refractivity contribution >= 4 is 11.6 Å². The van der Waals surface area contributed by atoms with Crippen LogP contribution in [0.3, 0.4) is 0 Å². The SMILES string of the molecule is COC(=O)c1ccc2nc(C3CCNCC3)cn2c1. The van der Waals surface area contributed by atoms with Gasteiger partial charge in [-0.1, -0.05) is 0 Å². The summed E-state index contributed by atoms with van der Waals surface area (Å²) in [5.41, 5.74) is 2.54. The molecule has 0 unspecified atom stereocenters. The first kappa shape index (κ1) is 12.2. The predicted octanol–water partition coefficient (Wildman–Crippen LogP) is 1.59. The fourth-order valence-corrected chi connectivity index (χ4v) is 2.56. The van der Waals surface area contributed by atoms with Crippen LogP contribution in [0, 0.1) is 0 Å². The van der Waals surface area contributed by atoms with Crippen molar-refractivity contribution in [3.63, 3.8) is 0 Å². The summed E-state index contributed by atoms with van der Waals surface area (Å²) in [5, 5.41) is 3.35. The maximum atomic E-state index is 11.5. The summed E-state index contributed by atoms with van der Waals surface area (Å²) in [5.74, 6) is 0.196. The minimum absolute atomic E-state index is 0.320. The molecule has 0 aromatic carbocycles. The second-order valence-electron chi connectivity index (χ2n) is 4.86. The first-order chi connectivity index (χ1) is 9.28. The van der Waals surface area contributed by atoms with E-state index in [1.165, 1.54) is 7.11 Å². The summed E-state index contributed by atoms with van der Waals surface area (Å²) in [6.07, 6.45) is 6.04. The lowest BCUT2D eigenvalue weighted by Gasteiger charge is -2.20. The molecule has 0 bridgehead atoms. The molecular formula is C14H17N3O2. The van der Waals surface area contributed by atoms with Crippen molar-refractivity contribution in [3.05, 3.63) is 35.8 Å². The predicted molar refractivity (Wildman–Crippen MR) is 71.4 cm³/mol. The second-order valence-corrected chi connectivity index (χ2v) is 4.86. The number of esters is 1. The number of pyridine rings is 1. The Balaban J connectivity index is 1.93. The molecule has 0 radical (unpaired) electrons. The molecule has 19 heavy (non-hydrogen) atoms. The number of carbonyl (C=O) groups is 1. The summed E-state index contributed by atoms with van der Waals surface area (Å²) in [6, 6.07) is 3.61. The van der Waals surface area contributed by atoms with Crippen molar-refractivity contribution in [1.29, 1.82) is 0 Å². The Morgan fingerprint density at radius 3 is 2.89 bits per heavy atom. The van der Waals surface area contributed by atoms with E-state index in [1.807, 2.05) is 16.7 Å². The van der Waals surface area contributed by atoms with Gasteiger partial charge >= 0.3 is 5.97 Å². The number of hydrogen-bond acceptors (Lipinski definition) is 4. The van der Waals surface area contributed by atoms with Gasteiger partial charge in [0.05, 0.1) is 18.4 Å². The summed E-state index contributed by atoms with van der Waals surface area (Å²) >= 11 is 0. The van der Waals surface area contributed by atoms with Crippen molar-refractivity contribution in [2.45, 2.75) is 18.8 Å². The van der Waals surface area contributed by atoms with Gasteiger partial charge < -0.3 is 14.5 Å². The van der Waals surface area contributed by atoms with Crippen molar-refractivity contribution < 1.29 is 9.53 Å². The van der Waals surface area contributed by atoms with Crippen LogP contribution < -0.4 is 5.32 Å². The maximum absolute atomic E-state index is 11.5. The molecule has 5 nitrogen and oxygen atoms in total. The van der Waals surface area contributed by atoms with E-state index >= 15 is 0 Å². The molecule has 3 rings (SSSR count). The Labute approximate surface area is 111 Å². The van der Waals surface area contributed by atoms with Crippen LogP contribution in [0.1, 0.15) is 34.8 Å². The average molecular weight is 259 g/mol. The number of piperidine rings is 1. The molecule has 100 valence electrons. The first-order valence-electron chi connectivity index (χ1n) is 6.55. The number of rotatable bonds is 2. The van der Waals surface area contributed by atoms with Crippen molar-refractivity contribution in [2.24, 2.45) is 0 Å². The molecule has 1 N–H and O–H groups in total. The molecule has 5 heteroatoms. The minimum Gasteiger partial charge on any atom is -0.465 e. The van der Waals surface area contributed by atoms with Gasteiger partial charge in [0, 0.05) is 18.3 Å². The van der Waals surface area contributed by atoms with E-state index < -0.39 is 0 Å². The molecular weight excluding hydrogens is 242 g/mol. The van der Waals surface area contributed by atoms with E-state index in [0.29, 0.717) is 11.5 Å². The third-order valence-electron chi connectivity index (χ3n) is 3.65. The molecule has 0 saturated carbocycles. The van der Waals surface area contributed by atoms with Gasteiger partial charge in [-0.2, -0.15) is 0 Å². The van der Waals surface area contributed by atoms with Gasteiger partial charge in [0.15, 0.2) is 0 Å². The van der Waals surface area contributed by atoms with E-state index in [1.54, 1.807) is 12.3 Å². The Bertz CT molecular complexity index is 600. The fourth-order valence-electron chi connectivity index (χ4n) is 2.56. The van der Waals surface area contributed by atoms with Crippen LogP contribution in [0.15, 0.2) is 24.5 Å². The van der Waals surface area contributed by atoms with Gasteiger partial charge in [-0.15, -0.1) is 0 Å². The molecule has 1 fully saturated rings. The largest absolute Gasteiger partial charge is 0.465 e. The standard InChI is InChI=1S/C14H17N3O2/c1-19-14(18)11-2-3-13-16-12(9-17(13)8-11)10-4-6-15-7-5-10/h2-3,8-10,15H,4-7H2,1H3. The fraction of sp³-hybridized carbons (Fsp3) is 0.429. The number of nitrogens with one attached hydrogen (secondary N) is 1. The van der Waals surface area contributed by atoms with Gasteiger partial charge in [-0.3, -0.25) is 0 Å². The van der Waals surface area contributed by atoms with Gasteiger partial charge in [0.25, 0.3) is 0 Å². The van der Waals surface area contributed by atoms with Gasteiger partial charge in [0.1, 0.15) is 5.65 Å². The first-order valence-corrected chi connectivity index (χ1v) is 6.55. The normalized spacial score (nSPS) is 16.7. The minimum atomic E-state index is -0.320. The van der Waals surface area contributed by atoms with Gasteiger partial charge in [0.2, 0.25) is 0 Å². The zero-order chi connectivity index (χ0) is 13.2. The van der Waals surface area contributed by atoms with Crippen LogP contribution in [0.5, 0.6) is 0 Å². The highest BCUT2D eigenvalue weighted by Gasteiger charge is 2.18. The topological polar surface area (TPSA) is 55.6 Å². The van der Waals surface area contributed by atoms with Crippen molar-refractivity contribution in [3.8, 4) is 0 Å². The highest BCUT2D eigenvalue weighted by atomic mass is 16.5. The Morgan fingerprint density at radius 1 is 1.37 bits per heavy atom. The van der Waals surface area contributed by atoms with E-state index in [2.05, 4.69) is 10.3 Å². The van der Waals surface area contributed by atoms with Crippen molar-refractivity contribution in [2.75, 3.05) is 20.2 Å². The van der Waals surface area contributed by atoms with Crippen LogP contribution in [0.25, 0.3) is 5.65 Å². The number of imidazole rings is 1. The monoisotopic (exact) mass is 259 g/mol. The second kappa shape index (κ2) is 5.01. The van der Waals surface area contributed by atoms with Crippen LogP contribution in [0.4, 0.5) is 0 Å². The summed E-state index contributed by atoms with van der Waals surface area (Å²) in [7, 11) is 1.39. The average Bonchev–Trinajstić information content (AvgIpc) is 2.90. The number of aromatic nitrogens is 2. The zero-order valence-electron chi connectivity index (χ0n) is 10.9. The number of nitrogens with zero attached hydrogens (tertiary/aromatic N) is 2. The smallest absolute Gasteiger partial charge is 0.339 e. The Morgan fingerprint density at radius 2 is 2.16 bits per heavy atom. The molecule has 1 aliphatic heterocycles. The third-order valence-corrected chi connectivity index (χ3v) is 3.65. The lowest BCUT2D eigenvalue weighted by atomic mass is 9.95. The van der Waals surface area contributed by atoms with Crippen LogP contribution in [0.2, 0.25) is 0 Å². The quantitative estimate of drug-likeness (QED) is 0.832. The molecule has 3 heterocycles. The van der Waals surface area contributed by atoms with Crippen molar-refractivity contribution in [1.82, 2.24) is 14.7 Å². The molecule has 2 aromatic heterocycles. The Kier molecular flexibility index (Phi) is 3.21. The van der Waals surface area contributed by atoms with Crippen LogP contribution >= 0.6 is 0 Å². The molecule has 0 spiro atoms. The zero-order valence-corrected chi connectivity index (χ0v) is 10.9. The summed E-state index contributed by atoms with van der Waals surface area (Å²) < 4.78 is 6.63. The van der Waals surface area contributed by atoms with Gasteiger partial charge in [-0.05, 0) is 38.1 Å². The van der Waals surface area contributed by atoms with Gasteiger partial charge in [-0.25, -0.2) is 9.78 Å². The number of hydrogen-bond donors (Lipinski definition) is 1. The lowest BCUT2D eigenvalue weighted by molar-refractivity contribution is 0.0600. The number of carbonyl (C=O) groups excluding carboxylic acids is 1. The number of ether oxygens (including phenoxy) is 1. The Hall–Kier alpha value is -1.88. The summed E-state index contributed by atoms with van der Waals surface area (Å²) in [6.45, 7) is 2.10. The number of methoxy groups -OCH3 is 1. The molecule has 0 aliphatic carbocycles. The highest BCUT2D eigenvalue weighted by molar-refractivity contribution is 5.89. The van der Waals surface area contributed by atoms with Crippen LogP contribution in [-0.4, -0.2) is 35.6 Å². The molecule has 1 saturated heterocycles. The van der Waals surface area contributed by atoms with E-state index in [-0.39, 0.29) is 5.97 Å². The maximum Gasteiger partial charge on any atom is 0.339 e. The molecule has 0 atom stereocenters. The lowest BCUT2D eigenvalue weighted by Crippen LogP contribution is -2.26. The van der Waals surface area contributed by atoms with E-state index in [0.717, 1.165) is 37.3 Å². The van der Waals surface area contributed by atoms with Crippen LogP contribution in [-0.2, 0) is 4.74 Å². The molecule has 0 amide bonds. The highest BCUT2D eigenvalue weighted by Crippen LogP contribution is 2.24. The van der Waals surface area contributed by atoms with E-state index in [4.69, 9.17) is 4.74 Å². The molecule has 2 aromatic rings. The summed E-state index contributed by atoms with van der Waals surface area (Å²) in [4.78, 5) is 16.1. The van der Waals surface area contributed by atoms with E-state index in [9.17, 15) is 4.79 Å². The number of fused-ring (bicyclic) bond motifs is 1. The molecule has 1 aliphatic rings.